The van der Waals surface area contributed by atoms with Gasteiger partial charge in [-0.25, -0.2) is 4.39 Å². The third kappa shape index (κ3) is 5.63. The molecule has 1 aliphatic heterocycles. The number of nitrogens with zero attached hydrogens (tertiary/aromatic N) is 1. The molecule has 0 saturated carbocycles. The Morgan fingerprint density at radius 2 is 1.71 bits per heavy atom. The predicted molar refractivity (Wildman–Crippen MR) is 129 cm³/mol. The minimum Gasteiger partial charge on any atom is -0.491 e. The molecule has 0 radical (unpaired) electrons. The SMILES string of the molecule is CC(=O)c1ccc(OCC2CN(C(=O)c3ccccc3C(=O)c3ccc(F)cc3)CCO2)cc1C. The molecule has 1 heterocycles. The van der Waals surface area contributed by atoms with Crippen molar-refractivity contribution in [3.8, 4) is 5.75 Å². The van der Waals surface area contributed by atoms with Crippen LogP contribution in [0.4, 0.5) is 4.39 Å². The summed E-state index contributed by atoms with van der Waals surface area (Å²) < 4.78 is 24.9. The van der Waals surface area contributed by atoms with E-state index in [1.54, 1.807) is 47.4 Å². The van der Waals surface area contributed by atoms with E-state index in [4.69, 9.17) is 9.47 Å². The van der Waals surface area contributed by atoms with E-state index in [1.807, 2.05) is 6.92 Å². The van der Waals surface area contributed by atoms with Crippen molar-refractivity contribution < 1.29 is 28.2 Å². The van der Waals surface area contributed by atoms with Crippen LogP contribution in [0.3, 0.4) is 0 Å². The smallest absolute Gasteiger partial charge is 0.254 e. The molecule has 4 rings (SSSR count). The summed E-state index contributed by atoms with van der Waals surface area (Å²) in [5.74, 6) is -0.429. The zero-order chi connectivity index (χ0) is 24.9. The number of hydrogen-bond donors (Lipinski definition) is 0. The summed E-state index contributed by atoms with van der Waals surface area (Å²) in [5, 5.41) is 0. The van der Waals surface area contributed by atoms with Crippen molar-refractivity contribution in [3.63, 3.8) is 0 Å². The zero-order valence-corrected chi connectivity index (χ0v) is 19.6. The highest BCUT2D eigenvalue weighted by molar-refractivity contribution is 6.15. The molecule has 0 aromatic heterocycles. The lowest BCUT2D eigenvalue weighted by Gasteiger charge is -2.33. The molecule has 0 N–H and O–H groups in total. The Bertz CT molecular complexity index is 1250. The van der Waals surface area contributed by atoms with Crippen LogP contribution in [-0.2, 0) is 4.74 Å². The lowest BCUT2D eigenvalue weighted by Crippen LogP contribution is -2.47. The number of benzene rings is 3. The van der Waals surface area contributed by atoms with Crippen molar-refractivity contribution >= 4 is 17.5 Å². The summed E-state index contributed by atoms with van der Waals surface area (Å²) in [7, 11) is 0. The number of rotatable bonds is 7. The molecule has 1 aliphatic rings. The van der Waals surface area contributed by atoms with Crippen LogP contribution in [0.1, 0.15) is 49.1 Å². The normalized spacial score (nSPS) is 15.5. The molecule has 180 valence electrons. The van der Waals surface area contributed by atoms with Gasteiger partial charge in [-0.05, 0) is 67.9 Å². The topological polar surface area (TPSA) is 72.9 Å². The highest BCUT2D eigenvalue weighted by Crippen LogP contribution is 2.21. The standard InChI is InChI=1S/C28H26FNO5/c1-18-15-22(11-12-24(18)19(2)31)35-17-23-16-30(13-14-34-23)28(33)26-6-4-3-5-25(26)27(32)20-7-9-21(29)10-8-20/h3-12,15,23H,13-14,16-17H2,1-2H3. The molecule has 3 aromatic carbocycles. The second-order valence-electron chi connectivity index (χ2n) is 8.47. The zero-order valence-electron chi connectivity index (χ0n) is 19.6. The fourth-order valence-corrected chi connectivity index (χ4v) is 4.11. The van der Waals surface area contributed by atoms with Gasteiger partial charge in [0, 0.05) is 23.2 Å². The summed E-state index contributed by atoms with van der Waals surface area (Å²) in [4.78, 5) is 39.7. The van der Waals surface area contributed by atoms with Gasteiger partial charge in [0.15, 0.2) is 11.6 Å². The van der Waals surface area contributed by atoms with Gasteiger partial charge in [-0.2, -0.15) is 0 Å². The highest BCUT2D eigenvalue weighted by atomic mass is 19.1. The van der Waals surface area contributed by atoms with Crippen LogP contribution in [0.2, 0.25) is 0 Å². The number of amides is 1. The second kappa shape index (κ2) is 10.6. The number of ether oxygens (including phenoxy) is 2. The number of aryl methyl sites for hydroxylation is 1. The molecule has 1 amide bonds. The van der Waals surface area contributed by atoms with Crippen LogP contribution >= 0.6 is 0 Å². The van der Waals surface area contributed by atoms with Gasteiger partial charge >= 0.3 is 0 Å². The number of carbonyl (C=O) groups is 3. The maximum Gasteiger partial charge on any atom is 0.254 e. The van der Waals surface area contributed by atoms with Crippen molar-refractivity contribution in [3.05, 3.63) is 100 Å². The molecule has 0 bridgehead atoms. The van der Waals surface area contributed by atoms with Gasteiger partial charge in [0.1, 0.15) is 24.3 Å². The van der Waals surface area contributed by atoms with Crippen LogP contribution in [0.5, 0.6) is 5.75 Å². The summed E-state index contributed by atoms with van der Waals surface area (Å²) in [6, 6.07) is 17.2. The molecule has 3 aromatic rings. The van der Waals surface area contributed by atoms with Crippen LogP contribution in [0.15, 0.2) is 66.7 Å². The number of carbonyl (C=O) groups excluding carboxylic acids is 3. The Kier molecular flexibility index (Phi) is 7.36. The molecule has 7 heteroatoms. The third-order valence-corrected chi connectivity index (χ3v) is 5.95. The van der Waals surface area contributed by atoms with Gasteiger partial charge in [-0.3, -0.25) is 14.4 Å². The van der Waals surface area contributed by atoms with Gasteiger partial charge in [-0.15, -0.1) is 0 Å². The Morgan fingerprint density at radius 3 is 2.40 bits per heavy atom. The summed E-state index contributed by atoms with van der Waals surface area (Å²) in [6.45, 7) is 4.65. The molecule has 1 fully saturated rings. The molecule has 0 spiro atoms. The average Bonchev–Trinajstić information content (AvgIpc) is 2.87. The largest absolute Gasteiger partial charge is 0.491 e. The van der Waals surface area contributed by atoms with Gasteiger partial charge < -0.3 is 14.4 Å². The summed E-state index contributed by atoms with van der Waals surface area (Å²) in [5.41, 5.74) is 2.35. The summed E-state index contributed by atoms with van der Waals surface area (Å²) in [6.07, 6.45) is -0.347. The molecule has 1 atom stereocenters. The van der Waals surface area contributed by atoms with Crippen molar-refractivity contribution in [2.75, 3.05) is 26.3 Å². The van der Waals surface area contributed by atoms with Crippen molar-refractivity contribution in [1.29, 1.82) is 0 Å². The van der Waals surface area contributed by atoms with Crippen molar-refractivity contribution in [1.82, 2.24) is 4.90 Å². The van der Waals surface area contributed by atoms with Crippen molar-refractivity contribution in [2.45, 2.75) is 20.0 Å². The maximum atomic E-state index is 13.4. The van der Waals surface area contributed by atoms with E-state index in [9.17, 15) is 18.8 Å². The highest BCUT2D eigenvalue weighted by Gasteiger charge is 2.28. The minimum atomic E-state index is -0.433. The number of Topliss-reactive ketones (excluding diaryl/α,β-unsaturated/α-hetero) is 1. The van der Waals surface area contributed by atoms with Gasteiger partial charge in [-0.1, -0.05) is 18.2 Å². The minimum absolute atomic E-state index is 0.00277. The fourth-order valence-electron chi connectivity index (χ4n) is 4.11. The van der Waals surface area contributed by atoms with E-state index in [-0.39, 0.29) is 35.7 Å². The van der Waals surface area contributed by atoms with Crippen LogP contribution in [-0.4, -0.2) is 54.8 Å². The maximum absolute atomic E-state index is 13.4. The van der Waals surface area contributed by atoms with E-state index in [0.717, 1.165) is 5.56 Å². The Labute approximate surface area is 203 Å². The fraction of sp³-hybridized carbons (Fsp3) is 0.250. The second-order valence-corrected chi connectivity index (χ2v) is 8.47. The third-order valence-electron chi connectivity index (χ3n) is 5.95. The number of morpholine rings is 1. The van der Waals surface area contributed by atoms with E-state index >= 15 is 0 Å². The Hall–Kier alpha value is -3.84. The quantitative estimate of drug-likeness (QED) is 0.471. The van der Waals surface area contributed by atoms with Crippen LogP contribution in [0, 0.1) is 12.7 Å². The van der Waals surface area contributed by atoms with Gasteiger partial charge in [0.2, 0.25) is 0 Å². The number of halogens is 1. The Balaban J connectivity index is 1.44. The summed E-state index contributed by atoms with van der Waals surface area (Å²) >= 11 is 0. The van der Waals surface area contributed by atoms with E-state index in [1.165, 1.54) is 31.2 Å². The molecule has 6 nitrogen and oxygen atoms in total. The lowest BCUT2D eigenvalue weighted by atomic mass is 9.97. The molecular weight excluding hydrogens is 449 g/mol. The number of hydrogen-bond acceptors (Lipinski definition) is 5. The van der Waals surface area contributed by atoms with Crippen LogP contribution in [0.25, 0.3) is 0 Å². The first-order chi connectivity index (χ1) is 16.8. The first-order valence-electron chi connectivity index (χ1n) is 11.4. The van der Waals surface area contributed by atoms with Crippen molar-refractivity contribution in [2.24, 2.45) is 0 Å². The van der Waals surface area contributed by atoms with Gasteiger partial charge in [0.05, 0.1) is 18.7 Å². The lowest BCUT2D eigenvalue weighted by molar-refractivity contribution is -0.0401. The Morgan fingerprint density at radius 1 is 1.00 bits per heavy atom. The first-order valence-corrected chi connectivity index (χ1v) is 11.4. The average molecular weight is 476 g/mol. The van der Waals surface area contributed by atoms with Gasteiger partial charge in [0.25, 0.3) is 5.91 Å². The van der Waals surface area contributed by atoms with E-state index < -0.39 is 5.82 Å². The molecule has 0 aliphatic carbocycles. The van der Waals surface area contributed by atoms with E-state index in [0.29, 0.717) is 42.1 Å². The predicted octanol–water partition coefficient (Wildman–Crippen LogP) is 4.49. The monoisotopic (exact) mass is 475 g/mol. The first kappa shape index (κ1) is 24.3. The number of ketones is 2. The molecule has 1 saturated heterocycles. The molecular formula is C28H26FNO5. The van der Waals surface area contributed by atoms with E-state index in [2.05, 4.69) is 0 Å². The van der Waals surface area contributed by atoms with Crippen LogP contribution < -0.4 is 4.74 Å². The molecule has 1 unspecified atom stereocenters. The molecule has 35 heavy (non-hydrogen) atoms.